The highest BCUT2D eigenvalue weighted by Crippen LogP contribution is 2.14. The summed E-state index contributed by atoms with van der Waals surface area (Å²) < 4.78 is 0.758. The summed E-state index contributed by atoms with van der Waals surface area (Å²) in [5.41, 5.74) is 2.27. The molecule has 2 rings (SSSR count). The number of carboxylic acid groups (broad SMARTS) is 1. The number of halogens is 1. The van der Waals surface area contributed by atoms with Crippen molar-refractivity contribution in [3.63, 3.8) is 0 Å². The van der Waals surface area contributed by atoms with Crippen LogP contribution in [-0.2, 0) is 11.2 Å². The first-order chi connectivity index (χ1) is 9.13. The van der Waals surface area contributed by atoms with Crippen molar-refractivity contribution in [2.45, 2.75) is 6.42 Å². The standard InChI is InChI=1S/C14H11BrN2O2/c15-13-3-1-2-12(17-13)9-16-11-6-4-10(5-7-11)8-14(18)19/h1-7,9H,8H2,(H,18,19)/b16-9+. The van der Waals surface area contributed by atoms with Crippen LogP contribution in [0.2, 0.25) is 0 Å². The number of hydrogen-bond donors (Lipinski definition) is 1. The summed E-state index contributed by atoms with van der Waals surface area (Å²) in [4.78, 5) is 19.1. The maximum absolute atomic E-state index is 10.6. The zero-order valence-corrected chi connectivity index (χ0v) is 11.5. The first-order valence-electron chi connectivity index (χ1n) is 5.61. The van der Waals surface area contributed by atoms with Crippen LogP contribution in [0.3, 0.4) is 0 Å². The molecular weight excluding hydrogens is 308 g/mol. The van der Waals surface area contributed by atoms with E-state index < -0.39 is 5.97 Å². The van der Waals surface area contributed by atoms with Gasteiger partial charge >= 0.3 is 5.97 Å². The van der Waals surface area contributed by atoms with Gasteiger partial charge in [-0.2, -0.15) is 0 Å². The number of rotatable bonds is 4. The van der Waals surface area contributed by atoms with Gasteiger partial charge < -0.3 is 5.11 Å². The quantitative estimate of drug-likeness (QED) is 0.695. The average molecular weight is 319 g/mol. The minimum absolute atomic E-state index is 0.0250. The molecule has 0 aliphatic rings. The van der Waals surface area contributed by atoms with Gasteiger partial charge in [0.2, 0.25) is 0 Å². The molecular formula is C14H11BrN2O2. The Kier molecular flexibility index (Phi) is 4.41. The number of aliphatic imine (C=N–C) groups is 1. The fourth-order valence-corrected chi connectivity index (χ4v) is 1.87. The first-order valence-corrected chi connectivity index (χ1v) is 6.40. The summed E-state index contributed by atoms with van der Waals surface area (Å²) in [6.45, 7) is 0. The van der Waals surface area contributed by atoms with E-state index in [4.69, 9.17) is 5.11 Å². The molecule has 0 aliphatic heterocycles. The molecule has 1 heterocycles. The minimum Gasteiger partial charge on any atom is -0.481 e. The second kappa shape index (κ2) is 6.24. The van der Waals surface area contributed by atoms with Gasteiger partial charge in [0.15, 0.2) is 0 Å². The lowest BCUT2D eigenvalue weighted by Gasteiger charge is -1.98. The largest absolute Gasteiger partial charge is 0.481 e. The Morgan fingerprint density at radius 3 is 2.63 bits per heavy atom. The van der Waals surface area contributed by atoms with Crippen LogP contribution in [0, 0.1) is 0 Å². The van der Waals surface area contributed by atoms with Gasteiger partial charge in [0, 0.05) is 0 Å². The molecule has 96 valence electrons. The van der Waals surface area contributed by atoms with Gasteiger partial charge in [-0.1, -0.05) is 18.2 Å². The molecule has 0 saturated heterocycles. The number of carbonyl (C=O) groups is 1. The van der Waals surface area contributed by atoms with E-state index in [1.54, 1.807) is 30.5 Å². The minimum atomic E-state index is -0.838. The highest BCUT2D eigenvalue weighted by atomic mass is 79.9. The molecule has 1 aromatic carbocycles. The number of hydrogen-bond acceptors (Lipinski definition) is 3. The normalized spacial score (nSPS) is 10.8. The highest BCUT2D eigenvalue weighted by Gasteiger charge is 1.99. The van der Waals surface area contributed by atoms with E-state index in [9.17, 15) is 4.79 Å². The van der Waals surface area contributed by atoms with Crippen molar-refractivity contribution in [3.05, 3.63) is 58.3 Å². The molecule has 0 amide bonds. The van der Waals surface area contributed by atoms with E-state index in [0.717, 1.165) is 21.5 Å². The van der Waals surface area contributed by atoms with Crippen molar-refractivity contribution in [2.24, 2.45) is 4.99 Å². The summed E-state index contributed by atoms with van der Waals surface area (Å²) in [7, 11) is 0. The van der Waals surface area contributed by atoms with Gasteiger partial charge in [-0.3, -0.25) is 9.79 Å². The number of aliphatic carboxylic acids is 1. The SMILES string of the molecule is O=C(O)Cc1ccc(/N=C/c2cccc(Br)n2)cc1. The van der Waals surface area contributed by atoms with Gasteiger partial charge in [0.05, 0.1) is 24.0 Å². The van der Waals surface area contributed by atoms with E-state index in [1.807, 2.05) is 18.2 Å². The smallest absolute Gasteiger partial charge is 0.307 e. The maximum atomic E-state index is 10.6. The zero-order valence-electron chi connectivity index (χ0n) is 9.95. The van der Waals surface area contributed by atoms with Crippen molar-refractivity contribution in [1.82, 2.24) is 4.98 Å². The predicted octanol–water partition coefficient (Wildman–Crippen LogP) is 3.22. The van der Waals surface area contributed by atoms with Gasteiger partial charge in [-0.15, -0.1) is 0 Å². The van der Waals surface area contributed by atoms with Crippen LogP contribution >= 0.6 is 15.9 Å². The van der Waals surface area contributed by atoms with Gasteiger partial charge in [-0.05, 0) is 45.8 Å². The molecule has 0 saturated carbocycles. The van der Waals surface area contributed by atoms with E-state index in [-0.39, 0.29) is 6.42 Å². The average Bonchev–Trinajstić information content (AvgIpc) is 2.37. The Labute approximate surface area is 119 Å². The third-order valence-electron chi connectivity index (χ3n) is 2.37. The Morgan fingerprint density at radius 1 is 1.26 bits per heavy atom. The summed E-state index contributed by atoms with van der Waals surface area (Å²) >= 11 is 3.29. The van der Waals surface area contributed by atoms with Crippen LogP contribution in [0.1, 0.15) is 11.3 Å². The lowest BCUT2D eigenvalue weighted by atomic mass is 10.1. The molecule has 19 heavy (non-hydrogen) atoms. The Morgan fingerprint density at radius 2 is 2.00 bits per heavy atom. The van der Waals surface area contributed by atoms with E-state index in [2.05, 4.69) is 25.9 Å². The number of benzene rings is 1. The van der Waals surface area contributed by atoms with Crippen LogP contribution in [0.5, 0.6) is 0 Å². The van der Waals surface area contributed by atoms with Crippen molar-refractivity contribution >= 4 is 33.8 Å². The van der Waals surface area contributed by atoms with Crippen molar-refractivity contribution in [1.29, 1.82) is 0 Å². The molecule has 0 fully saturated rings. The topological polar surface area (TPSA) is 62.5 Å². The summed E-state index contributed by atoms with van der Waals surface area (Å²) in [5, 5.41) is 8.67. The molecule has 0 aliphatic carbocycles. The van der Waals surface area contributed by atoms with E-state index in [1.165, 1.54) is 0 Å². The first kappa shape index (κ1) is 13.4. The molecule has 0 atom stereocenters. The Balaban J connectivity index is 2.09. The Hall–Kier alpha value is -2.01. The van der Waals surface area contributed by atoms with Gasteiger partial charge in [0.1, 0.15) is 4.60 Å². The second-order valence-electron chi connectivity index (χ2n) is 3.88. The molecule has 1 aromatic heterocycles. The summed E-state index contributed by atoms with van der Waals surface area (Å²) in [6.07, 6.45) is 1.69. The molecule has 0 bridgehead atoms. The lowest BCUT2D eigenvalue weighted by Crippen LogP contribution is -1.99. The maximum Gasteiger partial charge on any atom is 0.307 e. The van der Waals surface area contributed by atoms with Crippen LogP contribution in [-0.4, -0.2) is 22.3 Å². The van der Waals surface area contributed by atoms with Crippen molar-refractivity contribution in [3.8, 4) is 0 Å². The fourth-order valence-electron chi connectivity index (χ4n) is 1.51. The lowest BCUT2D eigenvalue weighted by molar-refractivity contribution is -0.136. The Bertz CT molecular complexity index is 609. The number of pyridine rings is 1. The molecule has 0 spiro atoms. The molecule has 0 radical (unpaired) electrons. The predicted molar refractivity (Wildman–Crippen MR) is 77.0 cm³/mol. The van der Waals surface area contributed by atoms with Crippen LogP contribution in [0.15, 0.2) is 52.1 Å². The van der Waals surface area contributed by atoms with Crippen LogP contribution < -0.4 is 0 Å². The third kappa shape index (κ3) is 4.30. The molecule has 5 heteroatoms. The second-order valence-corrected chi connectivity index (χ2v) is 4.69. The molecule has 1 N–H and O–H groups in total. The number of carboxylic acids is 1. The highest BCUT2D eigenvalue weighted by molar-refractivity contribution is 9.10. The van der Waals surface area contributed by atoms with E-state index >= 15 is 0 Å². The van der Waals surface area contributed by atoms with Crippen molar-refractivity contribution < 1.29 is 9.90 Å². The molecule has 2 aromatic rings. The van der Waals surface area contributed by atoms with Gasteiger partial charge in [0.25, 0.3) is 0 Å². The van der Waals surface area contributed by atoms with Crippen LogP contribution in [0.4, 0.5) is 5.69 Å². The van der Waals surface area contributed by atoms with Gasteiger partial charge in [-0.25, -0.2) is 4.98 Å². The van der Waals surface area contributed by atoms with Crippen molar-refractivity contribution in [2.75, 3.05) is 0 Å². The van der Waals surface area contributed by atoms with Crippen LogP contribution in [0.25, 0.3) is 0 Å². The summed E-state index contributed by atoms with van der Waals surface area (Å²) in [6, 6.07) is 12.7. The van der Waals surface area contributed by atoms with E-state index in [0.29, 0.717) is 0 Å². The third-order valence-corrected chi connectivity index (χ3v) is 2.82. The fraction of sp³-hybridized carbons (Fsp3) is 0.0714. The number of aromatic nitrogens is 1. The summed E-state index contributed by atoms with van der Waals surface area (Å²) in [5.74, 6) is -0.838. The monoisotopic (exact) mass is 318 g/mol. The number of nitrogens with zero attached hydrogens (tertiary/aromatic N) is 2. The molecule has 4 nitrogen and oxygen atoms in total. The molecule has 0 unspecified atom stereocenters. The zero-order chi connectivity index (χ0) is 13.7.